The minimum atomic E-state index is -3.13. The van der Waals surface area contributed by atoms with Crippen molar-refractivity contribution in [1.82, 2.24) is 19.9 Å². The number of rotatable bonds is 0. The van der Waals surface area contributed by atoms with E-state index in [0.717, 1.165) is 11.2 Å². The van der Waals surface area contributed by atoms with Gasteiger partial charge in [-0.2, -0.15) is 0 Å². The van der Waals surface area contributed by atoms with E-state index in [9.17, 15) is 0 Å². The molecule has 2 aromatic rings. The van der Waals surface area contributed by atoms with Crippen LogP contribution >= 0.6 is 8.25 Å². The number of aromatic nitrogens is 4. The lowest BCUT2D eigenvalue weighted by atomic mass is 10.6. The molecule has 2 aromatic heterocycles. The summed E-state index contributed by atoms with van der Waals surface area (Å²) in [7, 11) is -3.13. The molecule has 0 unspecified atom stereocenters. The number of nitrogens with one attached hydrogen (secondary N) is 1. The minimum Gasteiger partial charge on any atom is -0.329 e. The molecule has 3 N–H and O–H groups in total. The monoisotopic (exact) mass is 202 g/mol. The molecule has 0 radical (unpaired) electrons. The highest BCUT2D eigenvalue weighted by Crippen LogP contribution is 1.99. The lowest BCUT2D eigenvalue weighted by Gasteiger charge is -1.80. The third-order valence-electron chi connectivity index (χ3n) is 1.10. The Balaban J connectivity index is 0.000000184. The van der Waals surface area contributed by atoms with Gasteiger partial charge in [-0.15, -0.1) is 0 Å². The van der Waals surface area contributed by atoms with Gasteiger partial charge in [0.2, 0.25) is 0 Å². The Kier molecular flexibility index (Phi) is 3.51. The second kappa shape index (κ2) is 4.66. The van der Waals surface area contributed by atoms with Crippen molar-refractivity contribution in [2.24, 2.45) is 0 Å². The number of H-pyrrole nitrogens is 1. The summed E-state index contributed by atoms with van der Waals surface area (Å²) in [5.41, 5.74) is 1.59. The van der Waals surface area contributed by atoms with Crippen LogP contribution in [0.2, 0.25) is 0 Å². The molecular weight excluding hydrogens is 195 g/mol. The molecule has 0 amide bonds. The maximum absolute atomic E-state index is 8.74. The second-order valence-corrected chi connectivity index (χ2v) is 2.51. The maximum Gasteiger partial charge on any atom is 0.314 e. The topological polar surface area (TPSA) is 112 Å². The van der Waals surface area contributed by atoms with Crippen LogP contribution in [-0.4, -0.2) is 29.7 Å². The Bertz CT molecular complexity index is 369. The van der Waals surface area contributed by atoms with E-state index in [4.69, 9.17) is 14.4 Å². The van der Waals surface area contributed by atoms with E-state index in [0.29, 0.717) is 0 Å². The SMILES string of the molecule is O=[PH](O)O.c1ncc2nc[nH]c2n1. The fraction of sp³-hybridized carbons (Fsp3) is 0. The first-order chi connectivity index (χ1) is 6.20. The predicted molar refractivity (Wildman–Crippen MR) is 45.1 cm³/mol. The highest BCUT2D eigenvalue weighted by atomic mass is 31.1. The first-order valence-electron chi connectivity index (χ1n) is 3.21. The van der Waals surface area contributed by atoms with Crippen molar-refractivity contribution >= 4 is 19.4 Å². The summed E-state index contributed by atoms with van der Waals surface area (Å²) in [5, 5.41) is 0. The van der Waals surface area contributed by atoms with E-state index >= 15 is 0 Å². The van der Waals surface area contributed by atoms with E-state index in [-0.39, 0.29) is 0 Å². The van der Waals surface area contributed by atoms with Crippen molar-refractivity contribution in [2.75, 3.05) is 0 Å². The van der Waals surface area contributed by atoms with Gasteiger partial charge in [0.1, 0.15) is 11.8 Å². The standard InChI is InChI=1S/C5H4N4.H3O3P/c1-4-5(8-2-6-1)9-3-7-4;1-4(2)3/h1-3H,(H,6,7,8,9);4H,(H2,1,2,3). The van der Waals surface area contributed by atoms with Gasteiger partial charge >= 0.3 is 8.25 Å². The van der Waals surface area contributed by atoms with Crippen molar-refractivity contribution in [3.8, 4) is 0 Å². The predicted octanol–water partition coefficient (Wildman–Crippen LogP) is -0.286. The van der Waals surface area contributed by atoms with Crippen LogP contribution in [0.1, 0.15) is 0 Å². The fourth-order valence-electron chi connectivity index (χ4n) is 0.691. The van der Waals surface area contributed by atoms with Crippen LogP contribution in [0.25, 0.3) is 11.2 Å². The molecule has 13 heavy (non-hydrogen) atoms. The first-order valence-corrected chi connectivity index (χ1v) is 4.51. The molecule has 0 fully saturated rings. The zero-order valence-corrected chi connectivity index (χ0v) is 7.38. The summed E-state index contributed by atoms with van der Waals surface area (Å²) in [4.78, 5) is 28.8. The Hall–Kier alpha value is -1.30. The van der Waals surface area contributed by atoms with Crippen LogP contribution in [0.3, 0.4) is 0 Å². The number of hydrogen-bond acceptors (Lipinski definition) is 4. The van der Waals surface area contributed by atoms with E-state index in [1.165, 1.54) is 6.33 Å². The third-order valence-corrected chi connectivity index (χ3v) is 1.10. The quantitative estimate of drug-likeness (QED) is 0.506. The highest BCUT2D eigenvalue weighted by molar-refractivity contribution is 7.30. The van der Waals surface area contributed by atoms with Crippen LogP contribution in [0, 0.1) is 0 Å². The number of imidazole rings is 1. The third kappa shape index (κ3) is 3.29. The Morgan fingerprint density at radius 3 is 2.69 bits per heavy atom. The van der Waals surface area contributed by atoms with Gasteiger partial charge in [0.15, 0.2) is 5.65 Å². The summed E-state index contributed by atoms with van der Waals surface area (Å²) < 4.78 is 8.74. The Labute approximate surface area is 73.5 Å². The van der Waals surface area contributed by atoms with Crippen LogP contribution in [0.15, 0.2) is 18.9 Å². The van der Waals surface area contributed by atoms with Gasteiger partial charge in [-0.25, -0.2) is 15.0 Å². The number of nitrogens with zero attached hydrogens (tertiary/aromatic N) is 3. The van der Waals surface area contributed by atoms with Crippen LogP contribution < -0.4 is 0 Å². The molecule has 2 heterocycles. The lowest BCUT2D eigenvalue weighted by Crippen LogP contribution is -1.76. The number of fused-ring (bicyclic) bond motifs is 1. The number of aromatic amines is 1. The molecule has 2 rings (SSSR count). The van der Waals surface area contributed by atoms with Crippen molar-refractivity contribution in [1.29, 1.82) is 0 Å². The first kappa shape index (κ1) is 9.79. The molecule has 0 aliphatic heterocycles. The van der Waals surface area contributed by atoms with Gasteiger partial charge in [-0.3, -0.25) is 4.57 Å². The van der Waals surface area contributed by atoms with Gasteiger partial charge in [0.25, 0.3) is 0 Å². The van der Waals surface area contributed by atoms with E-state index in [2.05, 4.69) is 19.9 Å². The summed E-state index contributed by atoms with van der Waals surface area (Å²) in [6, 6.07) is 0. The molecule has 0 saturated carbocycles. The van der Waals surface area contributed by atoms with E-state index in [1.54, 1.807) is 12.5 Å². The zero-order chi connectivity index (χ0) is 9.68. The van der Waals surface area contributed by atoms with Crippen molar-refractivity contribution in [3.63, 3.8) is 0 Å². The molecule has 0 atom stereocenters. The normalized spacial score (nSPS) is 9.77. The largest absolute Gasteiger partial charge is 0.329 e. The Morgan fingerprint density at radius 1 is 1.38 bits per heavy atom. The summed E-state index contributed by atoms with van der Waals surface area (Å²) >= 11 is 0. The lowest BCUT2D eigenvalue weighted by molar-refractivity contribution is 0.405. The maximum atomic E-state index is 8.74. The zero-order valence-electron chi connectivity index (χ0n) is 6.38. The van der Waals surface area contributed by atoms with Crippen LogP contribution in [0.5, 0.6) is 0 Å². The molecule has 0 aliphatic rings. The molecule has 70 valence electrons. The van der Waals surface area contributed by atoms with Crippen LogP contribution in [0.4, 0.5) is 0 Å². The average Bonchev–Trinajstić information content (AvgIpc) is 2.49. The molecule has 0 aliphatic carbocycles. The van der Waals surface area contributed by atoms with Gasteiger partial charge in [-0.1, -0.05) is 0 Å². The average molecular weight is 202 g/mol. The molecule has 7 nitrogen and oxygen atoms in total. The molecule has 8 heteroatoms. The molecular formula is C5H7N4O3P. The smallest absolute Gasteiger partial charge is 0.314 e. The molecule has 0 bridgehead atoms. The summed E-state index contributed by atoms with van der Waals surface area (Å²) in [5.74, 6) is 0. The molecule has 0 saturated heterocycles. The van der Waals surface area contributed by atoms with E-state index < -0.39 is 8.25 Å². The minimum absolute atomic E-state index is 0.782. The fourth-order valence-corrected chi connectivity index (χ4v) is 0.691. The van der Waals surface area contributed by atoms with Crippen molar-refractivity contribution in [2.45, 2.75) is 0 Å². The number of hydrogen-bond donors (Lipinski definition) is 3. The van der Waals surface area contributed by atoms with Crippen molar-refractivity contribution < 1.29 is 14.4 Å². The van der Waals surface area contributed by atoms with Gasteiger partial charge in [0.05, 0.1) is 12.5 Å². The van der Waals surface area contributed by atoms with Crippen LogP contribution in [-0.2, 0) is 4.57 Å². The summed E-state index contributed by atoms with van der Waals surface area (Å²) in [6.45, 7) is 0. The molecule has 0 aromatic carbocycles. The summed E-state index contributed by atoms with van der Waals surface area (Å²) in [6.07, 6.45) is 4.75. The van der Waals surface area contributed by atoms with Gasteiger partial charge < -0.3 is 14.8 Å². The van der Waals surface area contributed by atoms with Gasteiger partial charge in [0, 0.05) is 0 Å². The highest BCUT2D eigenvalue weighted by Gasteiger charge is 1.91. The van der Waals surface area contributed by atoms with Crippen molar-refractivity contribution in [3.05, 3.63) is 18.9 Å². The second-order valence-electron chi connectivity index (χ2n) is 1.94. The van der Waals surface area contributed by atoms with E-state index in [1.807, 2.05) is 0 Å². The Morgan fingerprint density at radius 2 is 2.08 bits per heavy atom. The molecule has 0 spiro atoms. The van der Waals surface area contributed by atoms with Gasteiger partial charge in [-0.05, 0) is 0 Å².